The van der Waals surface area contributed by atoms with Crippen molar-refractivity contribution >= 4 is 59.2 Å². The molecule has 1 unspecified atom stereocenters. The highest BCUT2D eigenvalue weighted by molar-refractivity contribution is 5.97. The second-order valence-electron chi connectivity index (χ2n) is 26.2. The number of benzene rings is 3. The standard InChI is InChI=1S/C71H106N8O11/c1-52(28-17-14-19-30-54(3)75-66(84)88-69(5,6)7)62(80)72-45-26-48-79(49-27-46-73-63(81)53(2)29-18-15-20-31-55(4)76-67(85)89-70(8,9)10)47-25-35-57-40-42-60(43-41-57)77-64(82)61(78-68(86)90-71(11,12)13)50-58-38-36-56(37-39-58)32-23-24-44-74-65(83)87-51-59-33-21-16-22-34-59/h16,21-22,33-34,36-43,52-53,61H,14-15,17-20,24-31,35,44-51H2,1-13H3,(H,72,80)(H,73,81)(H,74,83)(H,77,82)(H,78,86)/t52-,53-,61?/m0/s1. The molecule has 3 aromatic rings. The summed E-state index contributed by atoms with van der Waals surface area (Å²) in [7, 11) is 0. The molecule has 19 nitrogen and oxygen atoms in total. The quantitative estimate of drug-likeness (QED) is 0.0160. The van der Waals surface area contributed by atoms with Crippen LogP contribution >= 0.6 is 0 Å². The summed E-state index contributed by atoms with van der Waals surface area (Å²) in [5.74, 6) is 5.57. The Morgan fingerprint density at radius 2 is 1.02 bits per heavy atom. The van der Waals surface area contributed by atoms with Crippen LogP contribution in [0.25, 0.3) is 0 Å². The molecule has 19 heteroatoms. The average molecular weight is 1250 g/mol. The Morgan fingerprint density at radius 1 is 0.522 bits per heavy atom. The van der Waals surface area contributed by atoms with Crippen molar-refractivity contribution in [3.8, 4) is 11.8 Å². The smallest absolute Gasteiger partial charge is 0.434 e. The third kappa shape index (κ3) is 37.4. The second kappa shape index (κ2) is 40.9. The largest absolute Gasteiger partial charge is 0.445 e. The molecule has 0 bridgehead atoms. The summed E-state index contributed by atoms with van der Waals surface area (Å²) in [6, 6.07) is 23.6. The number of aryl methyl sites for hydroxylation is 1. The molecule has 3 aromatic carbocycles. The topological polar surface area (TPSA) is 245 Å². The van der Waals surface area contributed by atoms with Gasteiger partial charge < -0.3 is 50.4 Å². The number of hydrogen-bond acceptors (Lipinski definition) is 12. The van der Waals surface area contributed by atoms with Crippen LogP contribution in [0.4, 0.5) is 24.9 Å². The van der Waals surface area contributed by atoms with E-state index in [9.17, 15) is 33.6 Å². The number of amides is 7. The van der Waals surface area contributed by atoms with Gasteiger partial charge in [-0.2, -0.15) is 9.98 Å². The van der Waals surface area contributed by atoms with Gasteiger partial charge in [0.25, 0.3) is 0 Å². The molecule has 5 N–H and O–H groups in total. The summed E-state index contributed by atoms with van der Waals surface area (Å²) in [6.45, 7) is 27.7. The summed E-state index contributed by atoms with van der Waals surface area (Å²) in [5, 5.41) is 14.7. The molecule has 0 aromatic heterocycles. The van der Waals surface area contributed by atoms with Gasteiger partial charge in [-0.25, -0.2) is 19.2 Å². The van der Waals surface area contributed by atoms with Crippen molar-refractivity contribution in [2.24, 2.45) is 21.8 Å². The predicted molar refractivity (Wildman–Crippen MR) is 358 cm³/mol. The normalized spacial score (nSPS) is 13.0. The average Bonchev–Trinajstić information content (AvgIpc) is 3.42. The summed E-state index contributed by atoms with van der Waals surface area (Å²) >= 11 is 0. The van der Waals surface area contributed by atoms with E-state index >= 15 is 0 Å². The van der Waals surface area contributed by atoms with E-state index in [1.165, 1.54) is 0 Å². The molecule has 0 spiro atoms. The predicted octanol–water partition coefficient (Wildman–Crippen LogP) is 13.6. The first-order chi connectivity index (χ1) is 42.5. The number of unbranched alkanes of at least 4 members (excludes halogenated alkanes) is 4. The lowest BCUT2D eigenvalue weighted by molar-refractivity contribution is -0.125. The lowest BCUT2D eigenvalue weighted by Gasteiger charge is -2.23. The van der Waals surface area contributed by atoms with Gasteiger partial charge in [0.15, 0.2) is 0 Å². The molecule has 0 heterocycles. The summed E-state index contributed by atoms with van der Waals surface area (Å²) in [6.07, 6.45) is 9.73. The maximum Gasteiger partial charge on any atom is 0.434 e. The highest BCUT2D eigenvalue weighted by atomic mass is 16.6. The highest BCUT2D eigenvalue weighted by Gasteiger charge is 2.26. The number of carbonyl (C=O) groups excluding carboxylic acids is 7. The minimum atomic E-state index is -0.958. The zero-order valence-corrected chi connectivity index (χ0v) is 56.3. The van der Waals surface area contributed by atoms with Crippen LogP contribution in [0.5, 0.6) is 0 Å². The first-order valence-electron chi connectivity index (χ1n) is 32.3. The van der Waals surface area contributed by atoms with E-state index in [1.54, 1.807) is 20.8 Å². The minimum Gasteiger partial charge on any atom is -0.445 e. The number of aliphatic imine (C=N–C) groups is 2. The van der Waals surface area contributed by atoms with E-state index in [-0.39, 0.29) is 36.7 Å². The molecular formula is C71H106N8O11. The third-order valence-corrected chi connectivity index (χ3v) is 14.0. The van der Waals surface area contributed by atoms with Crippen LogP contribution in [0, 0.1) is 23.7 Å². The number of hydrogen-bond donors (Lipinski definition) is 5. The maximum atomic E-state index is 13.9. The molecule has 0 aliphatic rings. The molecule has 0 fully saturated rings. The first-order valence-corrected chi connectivity index (χ1v) is 32.3. The van der Waals surface area contributed by atoms with Crippen LogP contribution in [0.2, 0.25) is 0 Å². The fourth-order valence-corrected chi connectivity index (χ4v) is 9.26. The van der Waals surface area contributed by atoms with E-state index < -0.39 is 53.1 Å². The van der Waals surface area contributed by atoms with Crippen molar-refractivity contribution < 1.29 is 52.5 Å². The van der Waals surface area contributed by atoms with E-state index in [0.29, 0.717) is 44.6 Å². The van der Waals surface area contributed by atoms with Crippen LogP contribution in [0.15, 0.2) is 88.8 Å². The Hall–Kier alpha value is -7.59. The number of alkyl carbamates (subject to hydrolysis) is 2. The van der Waals surface area contributed by atoms with Gasteiger partial charge in [-0.1, -0.05) is 106 Å². The van der Waals surface area contributed by atoms with Crippen LogP contribution in [0.3, 0.4) is 0 Å². The molecule has 3 atom stereocenters. The molecule has 90 heavy (non-hydrogen) atoms. The zero-order valence-electron chi connectivity index (χ0n) is 56.3. The van der Waals surface area contributed by atoms with Crippen molar-refractivity contribution in [3.63, 3.8) is 0 Å². The van der Waals surface area contributed by atoms with Crippen LogP contribution in [-0.4, -0.2) is 121 Å². The van der Waals surface area contributed by atoms with E-state index in [1.807, 2.05) is 148 Å². The van der Waals surface area contributed by atoms with Gasteiger partial charge in [-0.15, -0.1) is 0 Å². The maximum absolute atomic E-state index is 13.9. The van der Waals surface area contributed by atoms with Crippen molar-refractivity contribution in [1.29, 1.82) is 0 Å². The van der Waals surface area contributed by atoms with Gasteiger partial charge in [0, 0.05) is 67.0 Å². The Labute approximate surface area is 537 Å². The lowest BCUT2D eigenvalue weighted by atomic mass is 10.0. The Bertz CT molecular complexity index is 2730. The number of anilines is 1. The van der Waals surface area contributed by atoms with E-state index in [2.05, 4.69) is 53.3 Å². The molecule has 7 amide bonds. The highest BCUT2D eigenvalue weighted by Crippen LogP contribution is 2.18. The van der Waals surface area contributed by atoms with Gasteiger partial charge in [0.1, 0.15) is 29.5 Å². The fraction of sp³-hybridized carbons (Fsp3) is 0.592. The molecule has 496 valence electrons. The SMILES string of the molecule is CC(CCCCC[C@H](C)C(=O)NCCCN(CCCNC(=O)[C@@H](C)CCCCCC(C)=NC(=O)OC(C)(C)C)CCCc1ccc(NC(=O)C(Cc2ccc(C#CCCNC(=O)OCc3ccccc3)cc2)NC(=O)OC(C)(C)C)cc1)=NC(=O)OC(C)(C)C. The minimum absolute atomic E-state index is 0.0361. The van der Waals surface area contributed by atoms with Gasteiger partial charge in [-0.3, -0.25) is 14.4 Å². The first kappa shape index (κ1) is 76.7. The Kier molecular flexibility index (Phi) is 34.9. The fourth-order valence-electron chi connectivity index (χ4n) is 9.26. The van der Waals surface area contributed by atoms with Crippen molar-refractivity contribution in [1.82, 2.24) is 26.2 Å². The molecular weight excluding hydrogens is 1140 g/mol. The number of nitrogens with one attached hydrogen (secondary N) is 5. The molecule has 0 radical (unpaired) electrons. The van der Waals surface area contributed by atoms with Gasteiger partial charge in [0.2, 0.25) is 17.7 Å². The number of nitrogens with zero attached hydrogens (tertiary/aromatic N) is 3. The number of carbonyl (C=O) groups is 7. The molecule has 0 aliphatic carbocycles. The monoisotopic (exact) mass is 1250 g/mol. The zero-order chi connectivity index (χ0) is 66.5. The van der Waals surface area contributed by atoms with Crippen molar-refractivity contribution in [2.75, 3.05) is 44.6 Å². The molecule has 0 saturated carbocycles. The second-order valence-corrected chi connectivity index (χ2v) is 26.2. The lowest BCUT2D eigenvalue weighted by Crippen LogP contribution is -2.47. The Morgan fingerprint density at radius 3 is 1.53 bits per heavy atom. The molecule has 0 aliphatic heterocycles. The summed E-state index contributed by atoms with van der Waals surface area (Å²) in [5.41, 5.74) is 3.65. The number of rotatable bonds is 35. The third-order valence-electron chi connectivity index (χ3n) is 14.0. The van der Waals surface area contributed by atoms with Crippen LogP contribution < -0.4 is 26.6 Å². The van der Waals surface area contributed by atoms with Gasteiger partial charge >= 0.3 is 24.4 Å². The van der Waals surface area contributed by atoms with Crippen molar-refractivity contribution in [2.45, 2.75) is 222 Å². The van der Waals surface area contributed by atoms with E-state index in [4.69, 9.17) is 18.9 Å². The van der Waals surface area contributed by atoms with Crippen molar-refractivity contribution in [3.05, 3.63) is 101 Å². The summed E-state index contributed by atoms with van der Waals surface area (Å²) < 4.78 is 21.4. The Balaban J connectivity index is 1.55. The summed E-state index contributed by atoms with van der Waals surface area (Å²) in [4.78, 5) is 99.8. The molecule has 0 saturated heterocycles. The van der Waals surface area contributed by atoms with E-state index in [0.717, 1.165) is 130 Å². The van der Waals surface area contributed by atoms with Gasteiger partial charge in [-0.05, 0) is 201 Å². The van der Waals surface area contributed by atoms with Gasteiger partial charge in [0.05, 0.1) is 0 Å². The van der Waals surface area contributed by atoms with Crippen LogP contribution in [-0.2, 0) is 52.8 Å². The number of ether oxygens (including phenoxy) is 4. The van der Waals surface area contributed by atoms with Crippen LogP contribution in [0.1, 0.15) is 202 Å². The molecule has 3 rings (SSSR count).